The Morgan fingerprint density at radius 2 is 1.79 bits per heavy atom. The second-order valence-corrected chi connectivity index (χ2v) is 5.38. The van der Waals surface area contributed by atoms with E-state index in [-0.39, 0.29) is 48.0 Å². The van der Waals surface area contributed by atoms with Gasteiger partial charge >= 0.3 is 12.1 Å². The lowest BCUT2D eigenvalue weighted by Gasteiger charge is -2.17. The van der Waals surface area contributed by atoms with Crippen LogP contribution in [0.25, 0.3) is 0 Å². The second kappa shape index (κ2) is 8.29. The first kappa shape index (κ1) is 19.0. The molecule has 0 aliphatic carbocycles. The summed E-state index contributed by atoms with van der Waals surface area (Å²) in [4.78, 5) is 32.5. The van der Waals surface area contributed by atoms with E-state index in [2.05, 4.69) is 15.4 Å². The maximum atomic E-state index is 12.8. The maximum absolute atomic E-state index is 12.8. The standard InChI is InChI=1S/C17H18N4O7/c1-24-10-5-4-6-11(14(10)15(22)20-21-7-8-27-17(21)23)28-16-18-12(25-2)9-13(19-16)26-3/h4-6,9H,7-8H2,1-3H3,(H,20,22). The average Bonchev–Trinajstić information content (AvgIpc) is 3.11. The molecule has 0 atom stereocenters. The normalized spacial score (nSPS) is 13.0. The molecule has 1 aliphatic heterocycles. The van der Waals surface area contributed by atoms with E-state index in [0.29, 0.717) is 0 Å². The predicted octanol–water partition coefficient (Wildman–Crippen LogP) is 1.39. The summed E-state index contributed by atoms with van der Waals surface area (Å²) in [6.45, 7) is 0.415. The number of cyclic esters (lactones) is 1. The van der Waals surface area contributed by atoms with Gasteiger partial charge in [0.1, 0.15) is 23.7 Å². The highest BCUT2D eigenvalue weighted by Crippen LogP contribution is 2.32. The van der Waals surface area contributed by atoms with Crippen LogP contribution in [0.3, 0.4) is 0 Å². The first-order chi connectivity index (χ1) is 13.5. The third-order valence-electron chi connectivity index (χ3n) is 3.71. The Morgan fingerprint density at radius 3 is 2.36 bits per heavy atom. The fraction of sp³-hybridized carbons (Fsp3) is 0.294. The number of carbonyl (C=O) groups excluding carboxylic acids is 2. The minimum atomic E-state index is -0.647. The molecule has 1 aromatic heterocycles. The molecule has 148 valence electrons. The van der Waals surface area contributed by atoms with Gasteiger partial charge in [-0.1, -0.05) is 6.07 Å². The highest BCUT2D eigenvalue weighted by atomic mass is 16.6. The van der Waals surface area contributed by atoms with Crippen molar-refractivity contribution < 1.29 is 33.3 Å². The minimum Gasteiger partial charge on any atom is -0.496 e. The molecular formula is C17H18N4O7. The van der Waals surface area contributed by atoms with Crippen LogP contribution in [0.15, 0.2) is 24.3 Å². The van der Waals surface area contributed by atoms with Crippen LogP contribution in [0.2, 0.25) is 0 Å². The van der Waals surface area contributed by atoms with Crippen LogP contribution in [0.1, 0.15) is 10.4 Å². The number of ether oxygens (including phenoxy) is 5. The number of aromatic nitrogens is 2. The van der Waals surface area contributed by atoms with Crippen LogP contribution in [0, 0.1) is 0 Å². The Balaban J connectivity index is 1.93. The minimum absolute atomic E-state index is 0.0510. The van der Waals surface area contributed by atoms with E-state index in [9.17, 15) is 9.59 Å². The number of methoxy groups -OCH3 is 3. The summed E-state index contributed by atoms with van der Waals surface area (Å²) < 4.78 is 25.9. The van der Waals surface area contributed by atoms with Gasteiger partial charge in [0, 0.05) is 0 Å². The monoisotopic (exact) mass is 390 g/mol. The summed E-state index contributed by atoms with van der Waals surface area (Å²) in [7, 11) is 4.28. The molecule has 0 unspecified atom stereocenters. The van der Waals surface area contributed by atoms with Crippen molar-refractivity contribution in [3.63, 3.8) is 0 Å². The zero-order chi connectivity index (χ0) is 20.1. The quantitative estimate of drug-likeness (QED) is 0.747. The topological polar surface area (TPSA) is 121 Å². The fourth-order valence-corrected chi connectivity index (χ4v) is 2.40. The second-order valence-electron chi connectivity index (χ2n) is 5.38. The van der Waals surface area contributed by atoms with Crippen LogP contribution in [0.4, 0.5) is 4.79 Å². The Bertz CT molecular complexity index is 868. The molecule has 2 aromatic rings. The van der Waals surface area contributed by atoms with E-state index < -0.39 is 12.0 Å². The lowest BCUT2D eigenvalue weighted by molar-refractivity contribution is 0.0826. The highest BCUT2D eigenvalue weighted by Gasteiger charge is 2.27. The molecule has 0 saturated carbocycles. The molecule has 3 rings (SSSR count). The molecule has 2 amide bonds. The van der Waals surface area contributed by atoms with Crippen molar-refractivity contribution in [3.8, 4) is 29.3 Å². The van der Waals surface area contributed by atoms with Gasteiger partial charge in [-0.25, -0.2) is 9.80 Å². The largest absolute Gasteiger partial charge is 0.496 e. The van der Waals surface area contributed by atoms with Crippen LogP contribution < -0.4 is 24.4 Å². The average molecular weight is 390 g/mol. The number of nitrogens with zero attached hydrogens (tertiary/aromatic N) is 3. The van der Waals surface area contributed by atoms with Crippen molar-refractivity contribution in [2.75, 3.05) is 34.5 Å². The molecule has 0 radical (unpaired) electrons. The van der Waals surface area contributed by atoms with Crippen LogP contribution >= 0.6 is 0 Å². The van der Waals surface area contributed by atoms with Crippen LogP contribution in [-0.4, -0.2) is 61.5 Å². The summed E-state index contributed by atoms with van der Waals surface area (Å²) >= 11 is 0. The SMILES string of the molecule is COc1cc(OC)nc(Oc2cccc(OC)c2C(=O)NN2CCOC2=O)n1. The molecule has 1 aromatic carbocycles. The zero-order valence-corrected chi connectivity index (χ0v) is 15.4. The maximum Gasteiger partial charge on any atom is 0.428 e. The van der Waals surface area contributed by atoms with Gasteiger partial charge in [0.2, 0.25) is 11.8 Å². The molecule has 11 nitrogen and oxygen atoms in total. The highest BCUT2D eigenvalue weighted by molar-refractivity contribution is 6.00. The number of hydrazine groups is 1. The summed E-state index contributed by atoms with van der Waals surface area (Å²) in [5.74, 6) is 0.157. The van der Waals surface area contributed by atoms with Gasteiger partial charge in [-0.15, -0.1) is 0 Å². The molecule has 0 bridgehead atoms. The molecule has 28 heavy (non-hydrogen) atoms. The first-order valence-corrected chi connectivity index (χ1v) is 8.13. The Kier molecular flexibility index (Phi) is 5.63. The number of carbonyl (C=O) groups is 2. The number of nitrogens with one attached hydrogen (secondary N) is 1. The van der Waals surface area contributed by atoms with Crippen molar-refractivity contribution in [1.82, 2.24) is 20.4 Å². The smallest absolute Gasteiger partial charge is 0.428 e. The number of rotatable bonds is 7. The Hall–Kier alpha value is -3.76. The Labute approximate surface area is 160 Å². The number of hydrogen-bond acceptors (Lipinski definition) is 9. The van der Waals surface area contributed by atoms with Gasteiger partial charge in [0.15, 0.2) is 0 Å². The molecule has 0 spiro atoms. The van der Waals surface area contributed by atoms with Crippen LogP contribution in [-0.2, 0) is 4.74 Å². The van der Waals surface area contributed by atoms with Gasteiger partial charge in [0.05, 0.1) is 33.9 Å². The van der Waals surface area contributed by atoms with Crippen molar-refractivity contribution in [2.45, 2.75) is 0 Å². The molecular weight excluding hydrogens is 372 g/mol. The van der Waals surface area contributed by atoms with Gasteiger partial charge < -0.3 is 23.7 Å². The van der Waals surface area contributed by atoms with E-state index in [1.807, 2.05) is 0 Å². The van der Waals surface area contributed by atoms with Gasteiger partial charge in [0.25, 0.3) is 5.91 Å². The number of hydrogen-bond donors (Lipinski definition) is 1. The van der Waals surface area contributed by atoms with E-state index in [4.69, 9.17) is 23.7 Å². The predicted molar refractivity (Wildman–Crippen MR) is 93.7 cm³/mol. The van der Waals surface area contributed by atoms with Crippen molar-refractivity contribution in [1.29, 1.82) is 0 Å². The fourth-order valence-electron chi connectivity index (χ4n) is 2.40. The van der Waals surface area contributed by atoms with Crippen molar-refractivity contribution in [3.05, 3.63) is 29.8 Å². The lowest BCUT2D eigenvalue weighted by atomic mass is 10.1. The summed E-state index contributed by atoms with van der Waals surface area (Å²) in [5, 5.41) is 1.06. The van der Waals surface area contributed by atoms with Crippen molar-refractivity contribution in [2.24, 2.45) is 0 Å². The number of amides is 2. The molecule has 1 fully saturated rings. The molecule has 1 saturated heterocycles. The van der Waals surface area contributed by atoms with E-state index in [1.54, 1.807) is 12.1 Å². The molecule has 1 N–H and O–H groups in total. The van der Waals surface area contributed by atoms with E-state index >= 15 is 0 Å². The Morgan fingerprint density at radius 1 is 1.11 bits per heavy atom. The first-order valence-electron chi connectivity index (χ1n) is 8.13. The summed E-state index contributed by atoms with van der Waals surface area (Å²) in [6.07, 6.45) is -0.647. The third kappa shape index (κ3) is 3.98. The van der Waals surface area contributed by atoms with Gasteiger partial charge in [-0.3, -0.25) is 10.2 Å². The summed E-state index contributed by atoms with van der Waals surface area (Å²) in [6, 6.07) is 6.13. The summed E-state index contributed by atoms with van der Waals surface area (Å²) in [5.41, 5.74) is 2.51. The van der Waals surface area contributed by atoms with E-state index in [1.165, 1.54) is 33.5 Å². The van der Waals surface area contributed by atoms with Gasteiger partial charge in [-0.05, 0) is 12.1 Å². The molecule has 1 aliphatic rings. The van der Waals surface area contributed by atoms with Crippen molar-refractivity contribution >= 4 is 12.0 Å². The van der Waals surface area contributed by atoms with Gasteiger partial charge in [-0.2, -0.15) is 9.97 Å². The lowest BCUT2D eigenvalue weighted by Crippen LogP contribution is -2.42. The zero-order valence-electron chi connectivity index (χ0n) is 15.4. The third-order valence-corrected chi connectivity index (χ3v) is 3.71. The van der Waals surface area contributed by atoms with E-state index in [0.717, 1.165) is 5.01 Å². The molecule has 2 heterocycles. The molecule has 11 heteroatoms. The van der Waals surface area contributed by atoms with Crippen LogP contribution in [0.5, 0.6) is 29.3 Å². The number of benzene rings is 1.